The highest BCUT2D eigenvalue weighted by Gasteiger charge is 2.06. The van der Waals surface area contributed by atoms with Gasteiger partial charge in [0.25, 0.3) is 0 Å². The Morgan fingerprint density at radius 1 is 0.441 bits per heavy atom. The molecule has 0 aromatic rings. The summed E-state index contributed by atoms with van der Waals surface area (Å²) in [4.78, 5) is 11.3. The van der Waals surface area contributed by atoms with Crippen LogP contribution in [0, 0.1) is 11.8 Å². The van der Waals surface area contributed by atoms with Crippen molar-refractivity contribution in [3.05, 3.63) is 0 Å². The second-order valence-corrected chi connectivity index (χ2v) is 11.8. The van der Waals surface area contributed by atoms with E-state index < -0.39 is 0 Å². The average Bonchev–Trinajstić information content (AvgIpc) is 2.82. The molecule has 0 aromatic heterocycles. The molecule has 0 N–H and O–H groups in total. The minimum atomic E-state index is 0.273. The van der Waals surface area contributed by atoms with Crippen molar-refractivity contribution in [2.24, 2.45) is 11.8 Å². The van der Waals surface area contributed by atoms with Gasteiger partial charge in [-0.2, -0.15) is 0 Å². The molecule has 0 aromatic carbocycles. The van der Waals surface area contributed by atoms with E-state index in [2.05, 4.69) is 20.8 Å². The van der Waals surface area contributed by atoms with Crippen LogP contribution in [-0.4, -0.2) is 5.78 Å². The number of rotatable bonds is 28. The summed E-state index contributed by atoms with van der Waals surface area (Å²) in [5.41, 5.74) is 0. The third-order valence-electron chi connectivity index (χ3n) is 8.08. The third-order valence-corrected chi connectivity index (χ3v) is 8.08. The summed E-state index contributed by atoms with van der Waals surface area (Å²) in [5.74, 6) is 1.54. The van der Waals surface area contributed by atoms with Crippen molar-refractivity contribution in [3.8, 4) is 0 Å². The van der Waals surface area contributed by atoms with Gasteiger partial charge in [-0.3, -0.25) is 4.79 Å². The lowest BCUT2D eigenvalue weighted by Gasteiger charge is -2.11. The Labute approximate surface area is 217 Å². The minimum absolute atomic E-state index is 0.273. The molecule has 1 heteroatoms. The molecule has 34 heavy (non-hydrogen) atoms. The Hall–Kier alpha value is -0.330. The highest BCUT2D eigenvalue weighted by Crippen LogP contribution is 2.20. The van der Waals surface area contributed by atoms with Crippen LogP contribution in [0.2, 0.25) is 0 Å². The number of carbonyl (C=O) groups excluding carboxylic acids is 1. The van der Waals surface area contributed by atoms with Crippen molar-refractivity contribution >= 4 is 5.78 Å². The molecule has 0 aliphatic heterocycles. The van der Waals surface area contributed by atoms with Crippen LogP contribution >= 0.6 is 0 Å². The monoisotopic (exact) mass is 479 g/mol. The predicted octanol–water partition coefficient (Wildman–Crippen LogP) is 12.0. The van der Waals surface area contributed by atoms with E-state index in [1.54, 1.807) is 6.92 Å². The second-order valence-electron chi connectivity index (χ2n) is 11.8. The van der Waals surface area contributed by atoms with E-state index in [4.69, 9.17) is 0 Å². The smallest absolute Gasteiger partial charge is 0.132 e. The fraction of sp³-hybridized carbons (Fsp3) is 0.970. The number of unbranched alkanes of at least 4 members (excludes halogenated alkanes) is 21. The van der Waals surface area contributed by atoms with E-state index >= 15 is 0 Å². The van der Waals surface area contributed by atoms with Crippen molar-refractivity contribution in [2.75, 3.05) is 0 Å². The van der Waals surface area contributed by atoms with Crippen LogP contribution in [0.3, 0.4) is 0 Å². The summed E-state index contributed by atoms with van der Waals surface area (Å²) in [7, 11) is 0. The van der Waals surface area contributed by atoms with Gasteiger partial charge >= 0.3 is 0 Å². The number of Topliss-reactive ketones (excluding diaryl/α,β-unsaturated/α-hetero) is 1. The summed E-state index contributed by atoms with van der Waals surface area (Å²) < 4.78 is 0. The summed E-state index contributed by atoms with van der Waals surface area (Å²) in [6.07, 6.45) is 37.0. The van der Waals surface area contributed by atoms with E-state index in [1.165, 1.54) is 161 Å². The Bertz CT molecular complexity index is 401. The lowest BCUT2D eigenvalue weighted by Crippen LogP contribution is -2.05. The topological polar surface area (TPSA) is 17.1 Å². The van der Waals surface area contributed by atoms with Gasteiger partial charge in [0.1, 0.15) is 5.78 Å². The van der Waals surface area contributed by atoms with Gasteiger partial charge in [0, 0.05) is 5.92 Å². The van der Waals surface area contributed by atoms with Gasteiger partial charge in [-0.05, 0) is 19.3 Å². The Balaban J connectivity index is 3.18. The van der Waals surface area contributed by atoms with Crippen molar-refractivity contribution in [1.82, 2.24) is 0 Å². The molecule has 204 valence electrons. The zero-order valence-electron chi connectivity index (χ0n) is 24.4. The molecule has 0 amide bonds. The third kappa shape index (κ3) is 26.3. The van der Waals surface area contributed by atoms with Crippen LogP contribution < -0.4 is 0 Å². The van der Waals surface area contributed by atoms with Crippen LogP contribution in [0.4, 0.5) is 0 Å². The first-order valence-corrected chi connectivity index (χ1v) is 16.1. The standard InChI is InChI=1S/C33H66O/c1-5-6-7-8-9-10-11-12-13-14-15-16-17-18-19-20-22-25-28-31(2)29-26-23-21-24-27-30-32(3)33(4)34/h31-32H,5-30H2,1-4H3. The Morgan fingerprint density at radius 2 is 0.706 bits per heavy atom. The Morgan fingerprint density at radius 3 is 1.00 bits per heavy atom. The molecule has 2 atom stereocenters. The zero-order chi connectivity index (χ0) is 25.1. The number of carbonyl (C=O) groups is 1. The number of ketones is 1. The number of hydrogen-bond acceptors (Lipinski definition) is 1. The van der Waals surface area contributed by atoms with Gasteiger partial charge in [0.05, 0.1) is 0 Å². The maximum Gasteiger partial charge on any atom is 0.132 e. The van der Waals surface area contributed by atoms with Crippen molar-refractivity contribution in [2.45, 2.75) is 195 Å². The summed E-state index contributed by atoms with van der Waals surface area (Å²) in [5, 5.41) is 0. The zero-order valence-corrected chi connectivity index (χ0v) is 24.4. The molecule has 0 aliphatic carbocycles. The van der Waals surface area contributed by atoms with E-state index in [0.29, 0.717) is 5.78 Å². The first-order valence-electron chi connectivity index (χ1n) is 16.1. The molecule has 1 nitrogen and oxygen atoms in total. The molecule has 0 saturated carbocycles. The first kappa shape index (κ1) is 33.7. The fourth-order valence-electron chi connectivity index (χ4n) is 5.22. The van der Waals surface area contributed by atoms with Crippen LogP contribution in [0.1, 0.15) is 195 Å². The molecule has 0 bridgehead atoms. The molecule has 0 fully saturated rings. The molecular weight excluding hydrogens is 412 g/mol. The van der Waals surface area contributed by atoms with Crippen LogP contribution in [0.15, 0.2) is 0 Å². The average molecular weight is 479 g/mol. The van der Waals surface area contributed by atoms with Crippen LogP contribution in [0.25, 0.3) is 0 Å². The molecular formula is C33H66O. The summed E-state index contributed by atoms with van der Waals surface area (Å²) >= 11 is 0. The van der Waals surface area contributed by atoms with Gasteiger partial charge in [-0.15, -0.1) is 0 Å². The summed E-state index contributed by atoms with van der Waals surface area (Å²) in [6.45, 7) is 8.56. The van der Waals surface area contributed by atoms with E-state index in [0.717, 1.165) is 12.3 Å². The van der Waals surface area contributed by atoms with Gasteiger partial charge in [0.15, 0.2) is 0 Å². The van der Waals surface area contributed by atoms with Crippen molar-refractivity contribution < 1.29 is 4.79 Å². The molecule has 0 aliphatic rings. The van der Waals surface area contributed by atoms with Crippen LogP contribution in [-0.2, 0) is 4.79 Å². The van der Waals surface area contributed by atoms with Gasteiger partial charge in [0.2, 0.25) is 0 Å². The number of hydrogen-bond donors (Lipinski definition) is 0. The normalized spacial score (nSPS) is 13.3. The van der Waals surface area contributed by atoms with Gasteiger partial charge < -0.3 is 0 Å². The molecule has 0 rings (SSSR count). The lowest BCUT2D eigenvalue weighted by atomic mass is 9.95. The molecule has 0 spiro atoms. The first-order chi connectivity index (χ1) is 16.6. The fourth-order valence-corrected chi connectivity index (χ4v) is 5.22. The van der Waals surface area contributed by atoms with Gasteiger partial charge in [-0.25, -0.2) is 0 Å². The minimum Gasteiger partial charge on any atom is -0.300 e. The predicted molar refractivity (Wildman–Crippen MR) is 155 cm³/mol. The van der Waals surface area contributed by atoms with Crippen molar-refractivity contribution in [1.29, 1.82) is 0 Å². The molecule has 0 radical (unpaired) electrons. The SMILES string of the molecule is CCCCCCCCCCCCCCCCCCCCC(C)CCCCCCCC(C)C(C)=O. The maximum absolute atomic E-state index is 11.3. The lowest BCUT2D eigenvalue weighted by molar-refractivity contribution is -0.120. The highest BCUT2D eigenvalue weighted by atomic mass is 16.1. The Kier molecular flexibility index (Phi) is 27.0. The van der Waals surface area contributed by atoms with E-state index in [-0.39, 0.29) is 5.92 Å². The molecule has 0 heterocycles. The molecule has 2 unspecified atom stereocenters. The largest absolute Gasteiger partial charge is 0.300 e. The molecule has 0 saturated heterocycles. The van der Waals surface area contributed by atoms with Crippen LogP contribution in [0.5, 0.6) is 0 Å². The van der Waals surface area contributed by atoms with E-state index in [9.17, 15) is 4.79 Å². The maximum atomic E-state index is 11.3. The second kappa shape index (κ2) is 27.3. The quantitative estimate of drug-likeness (QED) is 0.102. The van der Waals surface area contributed by atoms with E-state index in [1.807, 2.05) is 0 Å². The van der Waals surface area contributed by atoms with Crippen molar-refractivity contribution in [3.63, 3.8) is 0 Å². The summed E-state index contributed by atoms with van der Waals surface area (Å²) in [6, 6.07) is 0. The highest BCUT2D eigenvalue weighted by molar-refractivity contribution is 5.77. The van der Waals surface area contributed by atoms with Gasteiger partial charge in [-0.1, -0.05) is 181 Å².